The van der Waals surface area contributed by atoms with Gasteiger partial charge in [-0.1, -0.05) is 36.4 Å². The van der Waals surface area contributed by atoms with Crippen molar-refractivity contribution < 1.29 is 19.1 Å². The third-order valence-corrected chi connectivity index (χ3v) is 6.19. The lowest BCUT2D eigenvalue weighted by Crippen LogP contribution is -2.46. The van der Waals surface area contributed by atoms with Gasteiger partial charge in [0.25, 0.3) is 5.91 Å². The molecule has 0 atom stereocenters. The largest absolute Gasteiger partial charge is 0.497 e. The first-order valence-electron chi connectivity index (χ1n) is 11.7. The number of nitrogens with one attached hydrogen (secondary N) is 1. The van der Waals surface area contributed by atoms with Crippen molar-refractivity contribution >= 4 is 17.4 Å². The van der Waals surface area contributed by atoms with Crippen molar-refractivity contribution in [1.82, 2.24) is 10.2 Å². The molecule has 182 valence electrons. The minimum atomic E-state index is -0.260. The van der Waals surface area contributed by atoms with Crippen LogP contribution in [0.2, 0.25) is 0 Å². The standard InChI is InChI=1S/C28H31N3O4/c1-34-24-10-6-8-22(18-24)26(32)19-29-28(33)23-9-5-7-21(17-23)20-30-13-15-31(16-14-30)25-11-3-4-12-27(25)35-2/h3-12,17-18H,13-16,19-20H2,1-2H3,(H,29,33). The van der Waals surface area contributed by atoms with Crippen LogP contribution in [-0.2, 0) is 6.54 Å². The third-order valence-electron chi connectivity index (χ3n) is 6.19. The second kappa shape index (κ2) is 11.5. The predicted molar refractivity (Wildman–Crippen MR) is 137 cm³/mol. The second-order valence-corrected chi connectivity index (χ2v) is 8.47. The lowest BCUT2D eigenvalue weighted by atomic mass is 10.1. The summed E-state index contributed by atoms with van der Waals surface area (Å²) in [6.07, 6.45) is 0. The Balaban J connectivity index is 1.30. The molecule has 1 fully saturated rings. The molecule has 1 N–H and O–H groups in total. The smallest absolute Gasteiger partial charge is 0.251 e. The van der Waals surface area contributed by atoms with Gasteiger partial charge in [-0.3, -0.25) is 14.5 Å². The van der Waals surface area contributed by atoms with Crippen molar-refractivity contribution in [1.29, 1.82) is 0 Å². The summed E-state index contributed by atoms with van der Waals surface area (Å²) in [5.74, 6) is 1.08. The lowest BCUT2D eigenvalue weighted by Gasteiger charge is -2.36. The number of ether oxygens (including phenoxy) is 2. The summed E-state index contributed by atoms with van der Waals surface area (Å²) >= 11 is 0. The molecule has 35 heavy (non-hydrogen) atoms. The molecule has 7 heteroatoms. The Morgan fingerprint density at radius 3 is 2.34 bits per heavy atom. The van der Waals surface area contributed by atoms with Gasteiger partial charge in [-0.05, 0) is 42.0 Å². The zero-order valence-corrected chi connectivity index (χ0v) is 20.2. The molecule has 7 nitrogen and oxygen atoms in total. The quantitative estimate of drug-likeness (QED) is 0.479. The van der Waals surface area contributed by atoms with Crippen molar-refractivity contribution in [2.24, 2.45) is 0 Å². The molecule has 0 unspecified atom stereocenters. The van der Waals surface area contributed by atoms with E-state index in [0.717, 1.165) is 49.7 Å². The number of piperazine rings is 1. The first kappa shape index (κ1) is 24.3. The molecule has 0 spiro atoms. The number of Topliss-reactive ketones (excluding diaryl/α,β-unsaturated/α-hetero) is 1. The first-order chi connectivity index (χ1) is 17.1. The molecule has 4 rings (SSSR count). The second-order valence-electron chi connectivity index (χ2n) is 8.47. The topological polar surface area (TPSA) is 71.1 Å². The molecular formula is C28H31N3O4. The van der Waals surface area contributed by atoms with E-state index >= 15 is 0 Å². The van der Waals surface area contributed by atoms with Crippen molar-refractivity contribution in [2.75, 3.05) is 51.8 Å². The zero-order valence-electron chi connectivity index (χ0n) is 20.2. The molecule has 3 aromatic rings. The molecule has 1 heterocycles. The molecule has 0 aliphatic carbocycles. The van der Waals surface area contributed by atoms with Crippen LogP contribution in [0.5, 0.6) is 11.5 Å². The predicted octanol–water partition coefficient (Wildman–Crippen LogP) is 3.64. The van der Waals surface area contributed by atoms with E-state index in [1.807, 2.05) is 36.4 Å². The Bertz CT molecular complexity index is 1170. The SMILES string of the molecule is COc1cccc(C(=O)CNC(=O)c2cccc(CN3CCN(c4ccccc4OC)CC3)c2)c1. The number of para-hydroxylation sites is 2. The van der Waals surface area contributed by atoms with Crippen LogP contribution in [0.25, 0.3) is 0 Å². The van der Waals surface area contributed by atoms with E-state index in [1.54, 1.807) is 44.6 Å². The van der Waals surface area contributed by atoms with Gasteiger partial charge in [0.15, 0.2) is 5.78 Å². The maximum absolute atomic E-state index is 12.7. The van der Waals surface area contributed by atoms with Crippen LogP contribution in [0, 0.1) is 0 Å². The summed E-state index contributed by atoms with van der Waals surface area (Å²) in [6.45, 7) is 4.36. The van der Waals surface area contributed by atoms with E-state index in [1.165, 1.54) is 0 Å². The average Bonchev–Trinajstić information content (AvgIpc) is 2.92. The molecular weight excluding hydrogens is 442 g/mol. The number of anilines is 1. The van der Waals surface area contributed by atoms with Gasteiger partial charge in [0.2, 0.25) is 0 Å². The molecule has 0 bridgehead atoms. The van der Waals surface area contributed by atoms with E-state index < -0.39 is 0 Å². The summed E-state index contributed by atoms with van der Waals surface area (Å²) in [5.41, 5.74) is 3.25. The number of carbonyl (C=O) groups excluding carboxylic acids is 2. The van der Waals surface area contributed by atoms with Crippen LogP contribution in [0.3, 0.4) is 0 Å². The van der Waals surface area contributed by atoms with Crippen LogP contribution in [0.4, 0.5) is 5.69 Å². The molecule has 3 aromatic carbocycles. The fourth-order valence-corrected chi connectivity index (χ4v) is 4.27. The Hall–Kier alpha value is -3.84. The van der Waals surface area contributed by atoms with Crippen molar-refractivity contribution in [2.45, 2.75) is 6.54 Å². The number of rotatable bonds is 9. The molecule has 1 saturated heterocycles. The number of carbonyl (C=O) groups is 2. The molecule has 0 radical (unpaired) electrons. The van der Waals surface area contributed by atoms with Gasteiger partial charge in [0.1, 0.15) is 11.5 Å². The molecule has 0 aromatic heterocycles. The Morgan fingerprint density at radius 1 is 0.829 bits per heavy atom. The highest BCUT2D eigenvalue weighted by Gasteiger charge is 2.20. The number of benzene rings is 3. The van der Waals surface area contributed by atoms with Gasteiger partial charge < -0.3 is 19.7 Å². The lowest BCUT2D eigenvalue weighted by molar-refractivity contribution is 0.0904. The third kappa shape index (κ3) is 6.19. The number of nitrogens with zero attached hydrogens (tertiary/aromatic N) is 2. The van der Waals surface area contributed by atoms with Crippen LogP contribution >= 0.6 is 0 Å². The molecule has 0 saturated carbocycles. The fourth-order valence-electron chi connectivity index (χ4n) is 4.27. The van der Waals surface area contributed by atoms with Crippen LogP contribution in [0.15, 0.2) is 72.8 Å². The molecule has 1 amide bonds. The highest BCUT2D eigenvalue weighted by Crippen LogP contribution is 2.28. The van der Waals surface area contributed by atoms with Gasteiger partial charge in [0, 0.05) is 43.9 Å². The summed E-state index contributed by atoms with van der Waals surface area (Å²) in [5, 5.41) is 2.74. The maximum Gasteiger partial charge on any atom is 0.251 e. The summed E-state index contributed by atoms with van der Waals surface area (Å²) in [4.78, 5) is 29.9. The number of amides is 1. The van der Waals surface area contributed by atoms with Crippen molar-refractivity contribution in [3.05, 3.63) is 89.5 Å². The van der Waals surface area contributed by atoms with Crippen molar-refractivity contribution in [3.8, 4) is 11.5 Å². The highest BCUT2D eigenvalue weighted by molar-refractivity contribution is 6.02. The number of ketones is 1. The van der Waals surface area contributed by atoms with Crippen LogP contribution < -0.4 is 19.7 Å². The van der Waals surface area contributed by atoms with Gasteiger partial charge in [-0.2, -0.15) is 0 Å². The fraction of sp³-hybridized carbons (Fsp3) is 0.286. The summed E-state index contributed by atoms with van der Waals surface area (Å²) in [7, 11) is 3.26. The number of hydrogen-bond acceptors (Lipinski definition) is 6. The monoisotopic (exact) mass is 473 g/mol. The van der Waals surface area contributed by atoms with E-state index in [2.05, 4.69) is 21.2 Å². The normalized spacial score (nSPS) is 13.8. The average molecular weight is 474 g/mol. The van der Waals surface area contributed by atoms with E-state index in [9.17, 15) is 9.59 Å². The zero-order chi connectivity index (χ0) is 24.6. The van der Waals surface area contributed by atoms with E-state index in [4.69, 9.17) is 9.47 Å². The van der Waals surface area contributed by atoms with Gasteiger partial charge in [-0.15, -0.1) is 0 Å². The van der Waals surface area contributed by atoms with Crippen molar-refractivity contribution in [3.63, 3.8) is 0 Å². The Labute approximate surface area is 206 Å². The summed E-state index contributed by atoms with van der Waals surface area (Å²) < 4.78 is 10.7. The van der Waals surface area contributed by atoms with Gasteiger partial charge >= 0.3 is 0 Å². The van der Waals surface area contributed by atoms with Gasteiger partial charge in [-0.25, -0.2) is 0 Å². The highest BCUT2D eigenvalue weighted by atomic mass is 16.5. The molecule has 1 aliphatic heterocycles. The van der Waals surface area contributed by atoms with E-state index in [-0.39, 0.29) is 18.2 Å². The number of methoxy groups -OCH3 is 2. The van der Waals surface area contributed by atoms with Crippen LogP contribution in [0.1, 0.15) is 26.3 Å². The first-order valence-corrected chi connectivity index (χ1v) is 11.7. The van der Waals surface area contributed by atoms with Crippen LogP contribution in [-0.4, -0.2) is 63.5 Å². The Kier molecular flexibility index (Phi) is 8.00. The molecule has 1 aliphatic rings. The Morgan fingerprint density at radius 2 is 1.57 bits per heavy atom. The number of hydrogen-bond donors (Lipinski definition) is 1. The minimum absolute atomic E-state index is 0.0683. The van der Waals surface area contributed by atoms with Gasteiger partial charge in [0.05, 0.1) is 26.5 Å². The maximum atomic E-state index is 12.7. The minimum Gasteiger partial charge on any atom is -0.497 e. The summed E-state index contributed by atoms with van der Waals surface area (Å²) in [6, 6.07) is 22.6. The van der Waals surface area contributed by atoms with E-state index in [0.29, 0.717) is 16.9 Å².